The monoisotopic (exact) mass is 502 g/mol. The van der Waals surface area contributed by atoms with Crippen molar-refractivity contribution >= 4 is 29.2 Å². The van der Waals surface area contributed by atoms with Crippen molar-refractivity contribution in [3.8, 4) is 11.5 Å². The zero-order valence-corrected chi connectivity index (χ0v) is 19.9. The van der Waals surface area contributed by atoms with Gasteiger partial charge in [0.15, 0.2) is 11.5 Å². The van der Waals surface area contributed by atoms with Gasteiger partial charge >= 0.3 is 5.97 Å². The summed E-state index contributed by atoms with van der Waals surface area (Å²) >= 11 is 12.0. The molecule has 2 aromatic carbocycles. The molecule has 34 heavy (non-hydrogen) atoms. The van der Waals surface area contributed by atoms with E-state index < -0.39 is 11.9 Å². The lowest BCUT2D eigenvalue weighted by atomic mass is 9.85. The van der Waals surface area contributed by atoms with Crippen LogP contribution in [-0.4, -0.2) is 33.5 Å². The molecule has 0 fully saturated rings. The first kappa shape index (κ1) is 23.5. The standard InChI is InChI=1S/C23H20Cl2N4O5/c1-10-18(21(30)28-26-10)20(19-11(2)27-29-22(19)31)12-4-7-16(17(8-12)33-3)34-23(32)14-6-5-13(24)9-15(14)25/h4-9,20H,1-3H3,(H2,26,28,30)(H2,27,29,31). The van der Waals surface area contributed by atoms with Gasteiger partial charge in [-0.15, -0.1) is 0 Å². The van der Waals surface area contributed by atoms with Crippen molar-refractivity contribution in [3.05, 3.63) is 101 Å². The Kier molecular flexibility index (Phi) is 6.41. The minimum Gasteiger partial charge on any atom is -0.493 e. The van der Waals surface area contributed by atoms with Crippen molar-refractivity contribution in [2.24, 2.45) is 0 Å². The molecule has 0 amide bonds. The van der Waals surface area contributed by atoms with Crippen LogP contribution in [0.2, 0.25) is 10.0 Å². The van der Waals surface area contributed by atoms with Crippen molar-refractivity contribution in [1.29, 1.82) is 0 Å². The Morgan fingerprint density at radius 1 is 0.853 bits per heavy atom. The van der Waals surface area contributed by atoms with Crippen LogP contribution in [0, 0.1) is 13.8 Å². The van der Waals surface area contributed by atoms with E-state index in [1.54, 1.807) is 26.0 Å². The van der Waals surface area contributed by atoms with Gasteiger partial charge in [0.25, 0.3) is 11.1 Å². The highest BCUT2D eigenvalue weighted by Gasteiger charge is 2.29. The summed E-state index contributed by atoms with van der Waals surface area (Å²) in [5, 5.41) is 11.2. The zero-order valence-electron chi connectivity index (χ0n) is 18.3. The highest BCUT2D eigenvalue weighted by atomic mass is 35.5. The number of hydrogen-bond acceptors (Lipinski definition) is 5. The predicted octanol–water partition coefficient (Wildman–Crippen LogP) is 4.05. The first-order valence-electron chi connectivity index (χ1n) is 10.1. The van der Waals surface area contributed by atoms with Gasteiger partial charge in [-0.25, -0.2) is 4.79 Å². The molecular formula is C23H20Cl2N4O5. The maximum Gasteiger partial charge on any atom is 0.345 e. The average molecular weight is 503 g/mol. The van der Waals surface area contributed by atoms with Crippen LogP contribution in [0.1, 0.15) is 44.4 Å². The summed E-state index contributed by atoms with van der Waals surface area (Å²) in [6, 6.07) is 9.26. The second-order valence-corrected chi connectivity index (χ2v) is 8.44. The predicted molar refractivity (Wildman–Crippen MR) is 128 cm³/mol. The molecule has 0 unspecified atom stereocenters. The molecule has 0 spiro atoms. The molecule has 4 N–H and O–H groups in total. The van der Waals surface area contributed by atoms with Gasteiger partial charge in [-0.1, -0.05) is 29.3 Å². The molecule has 11 heteroatoms. The molecule has 4 rings (SSSR count). The number of rotatable bonds is 6. The van der Waals surface area contributed by atoms with Gasteiger partial charge < -0.3 is 19.7 Å². The number of esters is 1. The Balaban J connectivity index is 1.78. The third kappa shape index (κ3) is 4.27. The highest BCUT2D eigenvalue weighted by Crippen LogP contribution is 2.37. The van der Waals surface area contributed by atoms with Gasteiger partial charge in [0.2, 0.25) is 0 Å². The van der Waals surface area contributed by atoms with Crippen molar-refractivity contribution in [2.45, 2.75) is 19.8 Å². The number of carbonyl (C=O) groups excluding carboxylic acids is 1. The van der Waals surface area contributed by atoms with Crippen molar-refractivity contribution in [3.63, 3.8) is 0 Å². The summed E-state index contributed by atoms with van der Waals surface area (Å²) in [6.45, 7) is 3.47. The Morgan fingerprint density at radius 3 is 1.97 bits per heavy atom. The number of methoxy groups -OCH3 is 1. The van der Waals surface area contributed by atoms with E-state index in [1.807, 2.05) is 0 Å². The van der Waals surface area contributed by atoms with Crippen LogP contribution >= 0.6 is 23.2 Å². The number of nitrogens with one attached hydrogen (secondary N) is 4. The summed E-state index contributed by atoms with van der Waals surface area (Å²) in [6.07, 6.45) is 0. The number of carbonyl (C=O) groups is 1. The molecule has 2 heterocycles. The zero-order chi connectivity index (χ0) is 24.6. The van der Waals surface area contributed by atoms with Crippen LogP contribution in [0.15, 0.2) is 46.0 Å². The molecule has 4 aromatic rings. The topological polar surface area (TPSA) is 133 Å². The molecule has 0 bridgehead atoms. The maximum atomic E-state index is 12.7. The lowest BCUT2D eigenvalue weighted by Crippen LogP contribution is -2.20. The van der Waals surface area contributed by atoms with E-state index in [2.05, 4.69) is 20.4 Å². The molecule has 0 aliphatic heterocycles. The number of benzene rings is 2. The average Bonchev–Trinajstić information content (AvgIpc) is 3.30. The third-order valence-corrected chi connectivity index (χ3v) is 6.02. The first-order chi connectivity index (χ1) is 16.2. The summed E-state index contributed by atoms with van der Waals surface area (Å²) < 4.78 is 11.0. The van der Waals surface area contributed by atoms with Gasteiger partial charge in [-0.3, -0.25) is 19.8 Å². The van der Waals surface area contributed by atoms with E-state index in [0.717, 1.165) is 0 Å². The van der Waals surface area contributed by atoms with E-state index in [-0.39, 0.29) is 33.2 Å². The smallest absolute Gasteiger partial charge is 0.345 e. The summed E-state index contributed by atoms with van der Waals surface area (Å²) in [5.74, 6) is -1.04. The van der Waals surface area contributed by atoms with Crippen molar-refractivity contribution < 1.29 is 14.3 Å². The molecule has 0 aliphatic rings. The molecular weight excluding hydrogens is 483 g/mol. The molecule has 0 aliphatic carbocycles. The lowest BCUT2D eigenvalue weighted by molar-refractivity contribution is 0.0730. The molecule has 9 nitrogen and oxygen atoms in total. The summed E-state index contributed by atoms with van der Waals surface area (Å²) in [7, 11) is 1.42. The van der Waals surface area contributed by atoms with Crippen LogP contribution < -0.4 is 20.6 Å². The van der Waals surface area contributed by atoms with Crippen LogP contribution in [0.4, 0.5) is 0 Å². The Labute approximate surface area is 203 Å². The number of H-pyrrole nitrogens is 4. The van der Waals surface area contributed by atoms with Crippen LogP contribution in [0.5, 0.6) is 11.5 Å². The molecule has 0 atom stereocenters. The van der Waals surface area contributed by atoms with Gasteiger partial charge in [0, 0.05) is 22.3 Å². The second kappa shape index (κ2) is 9.28. The van der Waals surface area contributed by atoms with E-state index >= 15 is 0 Å². The van der Waals surface area contributed by atoms with E-state index in [1.165, 1.54) is 31.4 Å². The normalized spacial score (nSPS) is 11.1. The lowest BCUT2D eigenvalue weighted by Gasteiger charge is -2.18. The van der Waals surface area contributed by atoms with E-state index in [4.69, 9.17) is 32.7 Å². The number of halogens is 2. The molecule has 0 radical (unpaired) electrons. The van der Waals surface area contributed by atoms with Gasteiger partial charge in [-0.05, 0) is 49.7 Å². The van der Waals surface area contributed by atoms with E-state index in [9.17, 15) is 14.4 Å². The SMILES string of the molecule is COc1cc(C(c2c(C)[nH][nH]c2=O)c2c(C)[nH][nH]c2=O)ccc1OC(=O)c1ccc(Cl)cc1Cl. The van der Waals surface area contributed by atoms with Crippen LogP contribution in [0.3, 0.4) is 0 Å². The third-order valence-electron chi connectivity index (χ3n) is 5.48. The number of ether oxygens (including phenoxy) is 2. The van der Waals surface area contributed by atoms with Gasteiger partial charge in [0.05, 0.1) is 28.8 Å². The second-order valence-electron chi connectivity index (χ2n) is 7.59. The van der Waals surface area contributed by atoms with Crippen LogP contribution in [-0.2, 0) is 0 Å². The Hall–Kier alpha value is -3.69. The van der Waals surface area contributed by atoms with Gasteiger partial charge in [0.1, 0.15) is 0 Å². The molecule has 0 saturated heterocycles. The summed E-state index contributed by atoms with van der Waals surface area (Å²) in [4.78, 5) is 37.9. The number of aromatic amines is 4. The fraction of sp³-hybridized carbons (Fsp3) is 0.174. The highest BCUT2D eigenvalue weighted by molar-refractivity contribution is 6.36. The quantitative estimate of drug-likeness (QED) is 0.233. The number of aryl methyl sites for hydroxylation is 2. The fourth-order valence-corrected chi connectivity index (χ4v) is 4.33. The van der Waals surface area contributed by atoms with E-state index in [0.29, 0.717) is 33.1 Å². The Bertz CT molecular complexity index is 1440. The van der Waals surface area contributed by atoms with Crippen molar-refractivity contribution in [2.75, 3.05) is 7.11 Å². The molecule has 176 valence electrons. The fourth-order valence-electron chi connectivity index (χ4n) is 3.84. The maximum absolute atomic E-state index is 12.7. The minimum atomic E-state index is -0.714. The largest absolute Gasteiger partial charge is 0.493 e. The number of aromatic nitrogens is 4. The first-order valence-corrected chi connectivity index (χ1v) is 10.9. The number of hydrogen-bond donors (Lipinski definition) is 4. The molecule has 0 saturated carbocycles. The van der Waals surface area contributed by atoms with Crippen molar-refractivity contribution in [1.82, 2.24) is 20.4 Å². The summed E-state index contributed by atoms with van der Waals surface area (Å²) in [5.41, 5.74) is 1.95. The Morgan fingerprint density at radius 2 is 1.47 bits per heavy atom. The van der Waals surface area contributed by atoms with Crippen LogP contribution in [0.25, 0.3) is 0 Å². The van der Waals surface area contributed by atoms with Gasteiger partial charge in [-0.2, -0.15) is 0 Å². The minimum absolute atomic E-state index is 0.138. The molecule has 2 aromatic heterocycles.